The third-order valence-corrected chi connectivity index (χ3v) is 3.24. The first-order valence-corrected chi connectivity index (χ1v) is 6.41. The third kappa shape index (κ3) is 2.60. The van der Waals surface area contributed by atoms with Crippen LogP contribution in [0.1, 0.15) is 31.7 Å². The molecule has 0 radical (unpaired) electrons. The zero-order chi connectivity index (χ0) is 12.1. The minimum atomic E-state index is 0.972. The molecule has 0 aliphatic carbocycles. The molecule has 0 aliphatic heterocycles. The molecule has 0 saturated heterocycles. The smallest absolute Gasteiger partial charge is 0.126 e. The molecule has 2 rings (SSSR count). The molecule has 0 spiro atoms. The van der Waals surface area contributed by atoms with Crippen LogP contribution in [0, 0.1) is 0 Å². The molecule has 1 nitrogen and oxygen atoms in total. The highest BCUT2D eigenvalue weighted by atomic mass is 16.5. The lowest BCUT2D eigenvalue weighted by Gasteiger charge is -2.09. The number of methoxy groups -OCH3 is 1. The van der Waals surface area contributed by atoms with E-state index in [4.69, 9.17) is 4.74 Å². The molecule has 90 valence electrons. The average molecular weight is 228 g/mol. The van der Waals surface area contributed by atoms with Crippen molar-refractivity contribution >= 4 is 10.8 Å². The van der Waals surface area contributed by atoms with Gasteiger partial charge < -0.3 is 4.74 Å². The Labute approximate surface area is 103 Å². The number of benzene rings is 2. The summed E-state index contributed by atoms with van der Waals surface area (Å²) in [6.07, 6.45) is 5.01. The fourth-order valence-electron chi connectivity index (χ4n) is 2.31. The summed E-state index contributed by atoms with van der Waals surface area (Å²) in [5.74, 6) is 0.972. The molecule has 0 unspecified atom stereocenters. The van der Waals surface area contributed by atoms with Crippen molar-refractivity contribution in [1.29, 1.82) is 0 Å². The van der Waals surface area contributed by atoms with Crippen LogP contribution in [0.3, 0.4) is 0 Å². The number of fused-ring (bicyclic) bond motifs is 1. The number of rotatable bonds is 5. The largest absolute Gasteiger partial charge is 0.496 e. The van der Waals surface area contributed by atoms with E-state index in [1.54, 1.807) is 7.11 Å². The maximum atomic E-state index is 5.41. The number of aryl methyl sites for hydroxylation is 1. The van der Waals surface area contributed by atoms with Crippen LogP contribution in [0.25, 0.3) is 10.8 Å². The Kier molecular flexibility index (Phi) is 4.03. The van der Waals surface area contributed by atoms with E-state index >= 15 is 0 Å². The lowest BCUT2D eigenvalue weighted by molar-refractivity contribution is 0.420. The van der Waals surface area contributed by atoms with Crippen molar-refractivity contribution in [1.82, 2.24) is 0 Å². The Morgan fingerprint density at radius 2 is 1.71 bits per heavy atom. The third-order valence-electron chi connectivity index (χ3n) is 3.24. The molecule has 0 fully saturated rings. The van der Waals surface area contributed by atoms with Gasteiger partial charge in [-0.05, 0) is 29.9 Å². The predicted octanol–water partition coefficient (Wildman–Crippen LogP) is 4.58. The van der Waals surface area contributed by atoms with E-state index in [0.717, 1.165) is 5.75 Å². The van der Waals surface area contributed by atoms with Gasteiger partial charge in [0.15, 0.2) is 0 Å². The first-order chi connectivity index (χ1) is 8.36. The highest BCUT2D eigenvalue weighted by Gasteiger charge is 2.04. The fraction of sp³-hybridized carbons (Fsp3) is 0.375. The van der Waals surface area contributed by atoms with E-state index in [0.29, 0.717) is 0 Å². The maximum Gasteiger partial charge on any atom is 0.126 e. The van der Waals surface area contributed by atoms with Crippen LogP contribution in [-0.2, 0) is 6.42 Å². The summed E-state index contributed by atoms with van der Waals surface area (Å²) in [7, 11) is 1.73. The molecule has 17 heavy (non-hydrogen) atoms. The molecule has 0 aliphatic rings. The summed E-state index contributed by atoms with van der Waals surface area (Å²) in [5.41, 5.74) is 1.44. The first-order valence-electron chi connectivity index (χ1n) is 6.41. The summed E-state index contributed by atoms with van der Waals surface area (Å²) in [6, 6.07) is 12.8. The van der Waals surface area contributed by atoms with E-state index in [-0.39, 0.29) is 0 Å². The van der Waals surface area contributed by atoms with Crippen molar-refractivity contribution in [3.63, 3.8) is 0 Å². The Morgan fingerprint density at radius 1 is 0.941 bits per heavy atom. The van der Waals surface area contributed by atoms with Gasteiger partial charge in [-0.3, -0.25) is 0 Å². The van der Waals surface area contributed by atoms with Gasteiger partial charge in [0.1, 0.15) is 5.75 Å². The van der Waals surface area contributed by atoms with Crippen LogP contribution in [0.4, 0.5) is 0 Å². The molecule has 0 bridgehead atoms. The molecule has 0 aromatic heterocycles. The molecule has 2 aromatic rings. The zero-order valence-electron chi connectivity index (χ0n) is 10.7. The van der Waals surface area contributed by atoms with Crippen LogP contribution in [0.15, 0.2) is 36.4 Å². The summed E-state index contributed by atoms with van der Waals surface area (Å²) < 4.78 is 5.41. The second-order valence-electron chi connectivity index (χ2n) is 4.43. The standard InChI is InChI=1S/C16H20O/c1-3-4-5-8-13-9-6-11-15-14(13)10-7-12-16(15)17-2/h6-7,9-12H,3-5,8H2,1-2H3. The van der Waals surface area contributed by atoms with Gasteiger partial charge in [-0.25, -0.2) is 0 Å². The normalized spacial score (nSPS) is 10.7. The quantitative estimate of drug-likeness (QED) is 0.680. The lowest BCUT2D eigenvalue weighted by atomic mass is 9.99. The van der Waals surface area contributed by atoms with E-state index in [1.165, 1.54) is 42.0 Å². The average Bonchev–Trinajstić information content (AvgIpc) is 2.38. The monoisotopic (exact) mass is 228 g/mol. The molecule has 0 heterocycles. The van der Waals surface area contributed by atoms with Crippen LogP contribution < -0.4 is 4.74 Å². The van der Waals surface area contributed by atoms with Crippen molar-refractivity contribution in [3.05, 3.63) is 42.0 Å². The number of hydrogen-bond donors (Lipinski definition) is 0. The van der Waals surface area contributed by atoms with Crippen LogP contribution in [-0.4, -0.2) is 7.11 Å². The maximum absolute atomic E-state index is 5.41. The van der Waals surface area contributed by atoms with Gasteiger partial charge in [-0.2, -0.15) is 0 Å². The van der Waals surface area contributed by atoms with Crippen LogP contribution in [0.2, 0.25) is 0 Å². The fourth-order valence-corrected chi connectivity index (χ4v) is 2.31. The van der Waals surface area contributed by atoms with E-state index in [1.807, 2.05) is 6.07 Å². The van der Waals surface area contributed by atoms with Crippen molar-refractivity contribution in [2.75, 3.05) is 7.11 Å². The Hall–Kier alpha value is -1.50. The van der Waals surface area contributed by atoms with Gasteiger partial charge in [0.25, 0.3) is 0 Å². The summed E-state index contributed by atoms with van der Waals surface area (Å²) in [4.78, 5) is 0. The van der Waals surface area contributed by atoms with Crippen LogP contribution in [0.5, 0.6) is 5.75 Å². The van der Waals surface area contributed by atoms with Crippen molar-refractivity contribution in [2.24, 2.45) is 0 Å². The number of unbranched alkanes of at least 4 members (excludes halogenated alkanes) is 2. The molecule has 0 saturated carbocycles. The minimum absolute atomic E-state index is 0.972. The van der Waals surface area contributed by atoms with Crippen molar-refractivity contribution in [3.8, 4) is 5.75 Å². The molecule has 0 atom stereocenters. The Balaban J connectivity index is 2.36. The molecule has 0 amide bonds. The van der Waals surface area contributed by atoms with Crippen LogP contribution >= 0.6 is 0 Å². The zero-order valence-corrected chi connectivity index (χ0v) is 10.7. The Morgan fingerprint density at radius 3 is 2.47 bits per heavy atom. The summed E-state index contributed by atoms with van der Waals surface area (Å²) >= 11 is 0. The summed E-state index contributed by atoms with van der Waals surface area (Å²) in [6.45, 7) is 2.24. The van der Waals surface area contributed by atoms with Crippen molar-refractivity contribution in [2.45, 2.75) is 32.6 Å². The highest BCUT2D eigenvalue weighted by molar-refractivity contribution is 5.90. The Bertz CT molecular complexity index is 488. The van der Waals surface area contributed by atoms with Gasteiger partial charge in [0, 0.05) is 5.39 Å². The lowest BCUT2D eigenvalue weighted by Crippen LogP contribution is -1.90. The molecular weight excluding hydrogens is 208 g/mol. The SMILES string of the molecule is CCCCCc1cccc2c(OC)cccc12. The van der Waals surface area contributed by atoms with Gasteiger partial charge in [0.05, 0.1) is 7.11 Å². The molecular formula is C16H20O. The van der Waals surface area contributed by atoms with E-state index < -0.39 is 0 Å². The van der Waals surface area contributed by atoms with Gasteiger partial charge in [0.2, 0.25) is 0 Å². The number of hydrogen-bond acceptors (Lipinski definition) is 1. The first kappa shape index (κ1) is 12.0. The highest BCUT2D eigenvalue weighted by Crippen LogP contribution is 2.28. The second kappa shape index (κ2) is 5.72. The predicted molar refractivity (Wildman–Crippen MR) is 73.7 cm³/mol. The molecule has 2 aromatic carbocycles. The number of ether oxygens (including phenoxy) is 1. The van der Waals surface area contributed by atoms with E-state index in [9.17, 15) is 0 Å². The topological polar surface area (TPSA) is 9.23 Å². The van der Waals surface area contributed by atoms with Gasteiger partial charge in [-0.15, -0.1) is 0 Å². The summed E-state index contributed by atoms with van der Waals surface area (Å²) in [5, 5.41) is 2.56. The van der Waals surface area contributed by atoms with Gasteiger partial charge in [-0.1, -0.05) is 50.1 Å². The second-order valence-corrected chi connectivity index (χ2v) is 4.43. The molecule has 0 N–H and O–H groups in total. The molecule has 1 heteroatoms. The van der Waals surface area contributed by atoms with Crippen molar-refractivity contribution < 1.29 is 4.74 Å². The van der Waals surface area contributed by atoms with E-state index in [2.05, 4.69) is 37.3 Å². The van der Waals surface area contributed by atoms with Gasteiger partial charge >= 0.3 is 0 Å². The minimum Gasteiger partial charge on any atom is -0.496 e.